The first-order valence-corrected chi connectivity index (χ1v) is 10.0. The van der Waals surface area contributed by atoms with Crippen molar-refractivity contribution in [3.63, 3.8) is 0 Å². The van der Waals surface area contributed by atoms with Gasteiger partial charge in [-0.2, -0.15) is 0 Å². The molecule has 138 valence electrons. The zero-order chi connectivity index (χ0) is 18.9. The standard InChI is InChI=1S/C22H21FN2OS/c1-15-24-20(14-27-15)16-7-9-19(10-8-16)25-21(26)22(11-2-3-12-22)17-5-4-6-18(23)13-17/h4-10,13-14H,2-3,11-12H2,1H3,(H,25,26). The van der Waals surface area contributed by atoms with Crippen LogP contribution in [0.5, 0.6) is 0 Å². The van der Waals surface area contributed by atoms with Crippen molar-refractivity contribution in [2.45, 2.75) is 38.0 Å². The summed E-state index contributed by atoms with van der Waals surface area (Å²) in [6.07, 6.45) is 3.45. The molecule has 1 aliphatic rings. The molecule has 1 aromatic heterocycles. The van der Waals surface area contributed by atoms with E-state index in [-0.39, 0.29) is 11.7 Å². The zero-order valence-corrected chi connectivity index (χ0v) is 16.0. The molecule has 0 spiro atoms. The molecule has 1 heterocycles. The van der Waals surface area contributed by atoms with Gasteiger partial charge in [0.05, 0.1) is 16.1 Å². The number of carbonyl (C=O) groups excluding carboxylic acids is 1. The van der Waals surface area contributed by atoms with Crippen molar-refractivity contribution in [1.82, 2.24) is 4.98 Å². The molecule has 4 rings (SSSR count). The molecule has 1 amide bonds. The predicted octanol–water partition coefficient (Wildman–Crippen LogP) is 5.71. The monoisotopic (exact) mass is 380 g/mol. The summed E-state index contributed by atoms with van der Waals surface area (Å²) < 4.78 is 13.8. The fourth-order valence-corrected chi connectivity index (χ4v) is 4.50. The molecular weight excluding hydrogens is 359 g/mol. The van der Waals surface area contributed by atoms with E-state index in [1.807, 2.05) is 42.6 Å². The number of aromatic nitrogens is 1. The minimum atomic E-state index is -0.646. The third-order valence-corrected chi connectivity index (χ3v) is 6.10. The second-order valence-electron chi connectivity index (χ2n) is 7.08. The maximum atomic E-state index is 13.8. The number of aryl methyl sites for hydroxylation is 1. The Morgan fingerprint density at radius 2 is 1.89 bits per heavy atom. The Bertz CT molecular complexity index is 958. The average Bonchev–Trinajstić information content (AvgIpc) is 3.32. The van der Waals surface area contributed by atoms with Crippen molar-refractivity contribution in [2.75, 3.05) is 5.32 Å². The van der Waals surface area contributed by atoms with Crippen LogP contribution < -0.4 is 5.32 Å². The van der Waals surface area contributed by atoms with E-state index in [1.54, 1.807) is 17.4 Å². The highest BCUT2D eigenvalue weighted by molar-refractivity contribution is 7.09. The number of halogens is 1. The molecule has 27 heavy (non-hydrogen) atoms. The highest BCUT2D eigenvalue weighted by Gasteiger charge is 2.42. The van der Waals surface area contributed by atoms with E-state index in [9.17, 15) is 9.18 Å². The highest BCUT2D eigenvalue weighted by atomic mass is 32.1. The van der Waals surface area contributed by atoms with E-state index in [0.717, 1.165) is 53.2 Å². The van der Waals surface area contributed by atoms with Crippen LogP contribution >= 0.6 is 11.3 Å². The Balaban J connectivity index is 1.56. The van der Waals surface area contributed by atoms with Gasteiger partial charge in [-0.25, -0.2) is 9.37 Å². The summed E-state index contributed by atoms with van der Waals surface area (Å²) >= 11 is 1.62. The number of hydrogen-bond acceptors (Lipinski definition) is 3. The second kappa shape index (κ2) is 7.24. The van der Waals surface area contributed by atoms with Crippen molar-refractivity contribution < 1.29 is 9.18 Å². The van der Waals surface area contributed by atoms with Crippen molar-refractivity contribution >= 4 is 22.9 Å². The Hall–Kier alpha value is -2.53. The van der Waals surface area contributed by atoms with Crippen LogP contribution in [0.15, 0.2) is 53.9 Å². The normalized spacial score (nSPS) is 15.6. The third kappa shape index (κ3) is 3.52. The van der Waals surface area contributed by atoms with Gasteiger partial charge in [-0.1, -0.05) is 37.1 Å². The summed E-state index contributed by atoms with van der Waals surface area (Å²) in [7, 11) is 0. The topological polar surface area (TPSA) is 42.0 Å². The summed E-state index contributed by atoms with van der Waals surface area (Å²) in [6, 6.07) is 14.2. The first-order chi connectivity index (χ1) is 13.1. The molecule has 5 heteroatoms. The largest absolute Gasteiger partial charge is 0.325 e. The maximum absolute atomic E-state index is 13.8. The molecule has 0 saturated heterocycles. The molecule has 3 aromatic rings. The Morgan fingerprint density at radius 3 is 2.52 bits per heavy atom. The van der Waals surface area contributed by atoms with Gasteiger partial charge in [0.25, 0.3) is 0 Å². The van der Waals surface area contributed by atoms with Crippen LogP contribution in [0, 0.1) is 12.7 Å². The number of benzene rings is 2. The molecule has 0 atom stereocenters. The number of amides is 1. The summed E-state index contributed by atoms with van der Waals surface area (Å²) in [6.45, 7) is 1.98. The van der Waals surface area contributed by atoms with E-state index >= 15 is 0 Å². The number of nitrogens with zero attached hydrogens (tertiary/aromatic N) is 1. The van der Waals surface area contributed by atoms with Gasteiger partial charge in [0.15, 0.2) is 0 Å². The molecule has 1 fully saturated rings. The Labute approximate surface area is 162 Å². The number of thiazole rings is 1. The number of carbonyl (C=O) groups is 1. The Kier molecular flexibility index (Phi) is 4.79. The first kappa shape index (κ1) is 17.9. The number of rotatable bonds is 4. The van der Waals surface area contributed by atoms with Gasteiger partial charge < -0.3 is 5.32 Å². The predicted molar refractivity (Wildman–Crippen MR) is 107 cm³/mol. The molecule has 0 bridgehead atoms. The number of nitrogens with one attached hydrogen (secondary N) is 1. The van der Waals surface area contributed by atoms with Crippen molar-refractivity contribution in [2.24, 2.45) is 0 Å². The van der Waals surface area contributed by atoms with Crippen molar-refractivity contribution in [1.29, 1.82) is 0 Å². The van der Waals surface area contributed by atoms with E-state index < -0.39 is 5.41 Å². The second-order valence-corrected chi connectivity index (χ2v) is 8.15. The van der Waals surface area contributed by atoms with E-state index in [1.165, 1.54) is 12.1 Å². The molecule has 3 nitrogen and oxygen atoms in total. The average molecular weight is 380 g/mol. The molecule has 2 aromatic carbocycles. The van der Waals surface area contributed by atoms with Crippen molar-refractivity contribution in [3.8, 4) is 11.3 Å². The summed E-state index contributed by atoms with van der Waals surface area (Å²) in [4.78, 5) is 17.7. The third-order valence-electron chi connectivity index (χ3n) is 5.33. The molecule has 1 N–H and O–H groups in total. The molecule has 0 radical (unpaired) electrons. The van der Waals surface area contributed by atoms with Gasteiger partial charge >= 0.3 is 0 Å². The van der Waals surface area contributed by atoms with E-state index in [4.69, 9.17) is 0 Å². The van der Waals surface area contributed by atoms with Crippen molar-refractivity contribution in [3.05, 3.63) is 70.3 Å². The minimum Gasteiger partial charge on any atom is -0.325 e. The van der Waals surface area contributed by atoms with Crippen LogP contribution in [0.4, 0.5) is 10.1 Å². The fraction of sp³-hybridized carbons (Fsp3) is 0.273. The van der Waals surface area contributed by atoms with Gasteiger partial charge in [-0.15, -0.1) is 11.3 Å². The van der Waals surface area contributed by atoms with Gasteiger partial charge in [0, 0.05) is 16.6 Å². The fourth-order valence-electron chi connectivity index (χ4n) is 3.88. The molecular formula is C22H21FN2OS. The van der Waals surface area contributed by atoms with E-state index in [0.29, 0.717) is 0 Å². The lowest BCUT2D eigenvalue weighted by atomic mass is 9.78. The summed E-state index contributed by atoms with van der Waals surface area (Å²) in [5, 5.41) is 6.10. The molecule has 0 aliphatic heterocycles. The highest BCUT2D eigenvalue weighted by Crippen LogP contribution is 2.42. The molecule has 1 saturated carbocycles. The van der Waals surface area contributed by atoms with Crippen LogP contribution in [0.25, 0.3) is 11.3 Å². The lowest BCUT2D eigenvalue weighted by Gasteiger charge is -2.28. The Morgan fingerprint density at radius 1 is 1.15 bits per heavy atom. The van der Waals surface area contributed by atoms with Gasteiger partial charge in [0.2, 0.25) is 5.91 Å². The van der Waals surface area contributed by atoms with E-state index in [2.05, 4.69) is 10.3 Å². The van der Waals surface area contributed by atoms with Crippen LogP contribution in [-0.2, 0) is 10.2 Å². The summed E-state index contributed by atoms with van der Waals surface area (Å²) in [5.74, 6) is -0.350. The van der Waals surface area contributed by atoms with Crippen LogP contribution in [0.2, 0.25) is 0 Å². The van der Waals surface area contributed by atoms with Gasteiger partial charge in [-0.05, 0) is 49.6 Å². The van der Waals surface area contributed by atoms with Gasteiger partial charge in [-0.3, -0.25) is 4.79 Å². The minimum absolute atomic E-state index is 0.0529. The van der Waals surface area contributed by atoms with Crippen LogP contribution in [0.1, 0.15) is 36.3 Å². The van der Waals surface area contributed by atoms with Gasteiger partial charge in [0.1, 0.15) is 5.82 Å². The maximum Gasteiger partial charge on any atom is 0.235 e. The van der Waals surface area contributed by atoms with Crippen LogP contribution in [-0.4, -0.2) is 10.9 Å². The zero-order valence-electron chi connectivity index (χ0n) is 15.2. The lowest BCUT2D eigenvalue weighted by Crippen LogP contribution is -2.38. The quantitative estimate of drug-likeness (QED) is 0.630. The smallest absolute Gasteiger partial charge is 0.235 e. The lowest BCUT2D eigenvalue weighted by molar-refractivity contribution is -0.121. The molecule has 1 aliphatic carbocycles. The van der Waals surface area contributed by atoms with Crippen LogP contribution in [0.3, 0.4) is 0 Å². The summed E-state index contributed by atoms with van der Waals surface area (Å²) in [5.41, 5.74) is 2.85. The number of anilines is 1. The first-order valence-electron chi connectivity index (χ1n) is 9.17. The number of hydrogen-bond donors (Lipinski definition) is 1. The molecule has 0 unspecified atom stereocenters. The SMILES string of the molecule is Cc1nc(-c2ccc(NC(=O)C3(c4cccc(F)c4)CCCC3)cc2)cs1.